The Bertz CT molecular complexity index is 1420. The van der Waals surface area contributed by atoms with Gasteiger partial charge in [-0.25, -0.2) is 4.98 Å². The third-order valence-corrected chi connectivity index (χ3v) is 5.52. The van der Waals surface area contributed by atoms with E-state index >= 15 is 0 Å². The molecular formula is C26H24N6O. The molecule has 33 heavy (non-hydrogen) atoms. The SMILES string of the molecule is CC(C)n1cnnc1-c1cccc(NC(=O)c2ccc3cn(Cc4ccccc4)cc3c2)n1. The molecule has 0 spiro atoms. The molecule has 0 saturated heterocycles. The van der Waals surface area contributed by atoms with Crippen LogP contribution in [0.1, 0.15) is 35.8 Å². The number of pyridine rings is 1. The zero-order valence-electron chi connectivity index (χ0n) is 18.5. The first-order chi connectivity index (χ1) is 16.1. The van der Waals surface area contributed by atoms with Crippen LogP contribution in [0.5, 0.6) is 0 Å². The monoisotopic (exact) mass is 436 g/mol. The molecule has 3 aromatic heterocycles. The van der Waals surface area contributed by atoms with Crippen LogP contribution in [0.2, 0.25) is 0 Å². The van der Waals surface area contributed by atoms with Crippen molar-refractivity contribution in [1.82, 2.24) is 24.3 Å². The fraction of sp³-hybridized carbons (Fsp3) is 0.154. The number of fused-ring (bicyclic) bond motifs is 1. The third kappa shape index (κ3) is 4.39. The van der Waals surface area contributed by atoms with E-state index in [-0.39, 0.29) is 11.9 Å². The number of benzene rings is 2. The van der Waals surface area contributed by atoms with Crippen molar-refractivity contribution < 1.29 is 4.79 Å². The molecule has 0 aliphatic rings. The first kappa shape index (κ1) is 20.6. The molecule has 1 amide bonds. The molecule has 0 radical (unpaired) electrons. The maximum absolute atomic E-state index is 12.9. The molecule has 0 aliphatic carbocycles. The molecule has 3 heterocycles. The van der Waals surface area contributed by atoms with Crippen LogP contribution in [0, 0.1) is 0 Å². The fourth-order valence-electron chi connectivity index (χ4n) is 3.85. The highest BCUT2D eigenvalue weighted by Gasteiger charge is 2.13. The highest BCUT2D eigenvalue weighted by molar-refractivity contribution is 6.06. The van der Waals surface area contributed by atoms with Gasteiger partial charge < -0.3 is 14.5 Å². The van der Waals surface area contributed by atoms with Gasteiger partial charge in [-0.1, -0.05) is 42.5 Å². The van der Waals surface area contributed by atoms with Crippen LogP contribution in [0.25, 0.3) is 22.3 Å². The van der Waals surface area contributed by atoms with Crippen LogP contribution in [0.3, 0.4) is 0 Å². The number of anilines is 1. The largest absolute Gasteiger partial charge is 0.349 e. The van der Waals surface area contributed by atoms with Crippen LogP contribution in [0.15, 0.2) is 85.5 Å². The Balaban J connectivity index is 1.35. The van der Waals surface area contributed by atoms with Crippen molar-refractivity contribution in [3.05, 3.63) is 96.6 Å². The molecule has 0 fully saturated rings. The Hall–Kier alpha value is -4.26. The first-order valence-electron chi connectivity index (χ1n) is 10.9. The molecule has 1 N–H and O–H groups in total. The Kier molecular flexibility index (Phi) is 5.44. The number of hydrogen-bond donors (Lipinski definition) is 1. The first-order valence-corrected chi connectivity index (χ1v) is 10.9. The standard InChI is InChI=1S/C26H24N6O/c1-18(2)32-17-27-30-25(32)23-9-6-10-24(28-23)29-26(33)20-11-12-21-15-31(16-22(21)13-20)14-19-7-4-3-5-8-19/h3-13,15-18H,14H2,1-2H3,(H,28,29,33). The second-order valence-corrected chi connectivity index (χ2v) is 8.28. The van der Waals surface area contributed by atoms with Crippen LogP contribution in [-0.4, -0.2) is 30.2 Å². The minimum Gasteiger partial charge on any atom is -0.349 e. The summed E-state index contributed by atoms with van der Waals surface area (Å²) in [6, 6.07) is 21.7. The van der Waals surface area contributed by atoms with E-state index in [9.17, 15) is 4.79 Å². The van der Waals surface area contributed by atoms with Crippen molar-refractivity contribution in [2.24, 2.45) is 0 Å². The summed E-state index contributed by atoms with van der Waals surface area (Å²) in [5.74, 6) is 0.933. The predicted octanol–water partition coefficient (Wildman–Crippen LogP) is 5.18. The molecule has 0 atom stereocenters. The number of nitrogens with one attached hydrogen (secondary N) is 1. The summed E-state index contributed by atoms with van der Waals surface area (Å²) in [5.41, 5.74) is 2.47. The topological polar surface area (TPSA) is 77.6 Å². The second kappa shape index (κ2) is 8.70. The molecule has 5 rings (SSSR count). The van der Waals surface area contributed by atoms with Gasteiger partial charge in [0.1, 0.15) is 17.8 Å². The van der Waals surface area contributed by atoms with Crippen molar-refractivity contribution in [3.8, 4) is 11.5 Å². The second-order valence-electron chi connectivity index (χ2n) is 8.28. The Labute approximate surface area is 191 Å². The van der Waals surface area contributed by atoms with Crippen molar-refractivity contribution in [3.63, 3.8) is 0 Å². The number of carbonyl (C=O) groups is 1. The van der Waals surface area contributed by atoms with Crippen molar-refractivity contribution in [1.29, 1.82) is 0 Å². The van der Waals surface area contributed by atoms with Crippen LogP contribution < -0.4 is 5.32 Å². The van der Waals surface area contributed by atoms with Crippen LogP contribution in [-0.2, 0) is 6.54 Å². The molecule has 0 saturated carbocycles. The zero-order chi connectivity index (χ0) is 22.8. The average molecular weight is 437 g/mol. The molecule has 0 bridgehead atoms. The van der Waals surface area contributed by atoms with Crippen LogP contribution >= 0.6 is 0 Å². The highest BCUT2D eigenvalue weighted by Crippen LogP contribution is 2.22. The minimum atomic E-state index is -0.206. The lowest BCUT2D eigenvalue weighted by Gasteiger charge is -2.10. The van der Waals surface area contributed by atoms with Gasteiger partial charge in [0, 0.05) is 35.9 Å². The lowest BCUT2D eigenvalue weighted by Crippen LogP contribution is -2.13. The molecule has 7 heteroatoms. The van der Waals surface area contributed by atoms with Gasteiger partial charge in [0.25, 0.3) is 5.91 Å². The lowest BCUT2D eigenvalue weighted by atomic mass is 10.1. The summed E-state index contributed by atoms with van der Waals surface area (Å²) in [6.45, 7) is 4.90. The molecule has 5 aromatic rings. The predicted molar refractivity (Wildman–Crippen MR) is 129 cm³/mol. The van der Waals surface area contributed by atoms with E-state index in [1.54, 1.807) is 12.4 Å². The van der Waals surface area contributed by atoms with E-state index < -0.39 is 0 Å². The molecule has 2 aromatic carbocycles. The maximum Gasteiger partial charge on any atom is 0.256 e. The number of aromatic nitrogens is 5. The molecule has 0 aliphatic heterocycles. The highest BCUT2D eigenvalue weighted by atomic mass is 16.1. The summed E-state index contributed by atoms with van der Waals surface area (Å²) in [4.78, 5) is 17.5. The minimum absolute atomic E-state index is 0.205. The summed E-state index contributed by atoms with van der Waals surface area (Å²) in [6.07, 6.45) is 5.85. The number of amides is 1. The van der Waals surface area contributed by atoms with E-state index in [2.05, 4.69) is 63.4 Å². The van der Waals surface area contributed by atoms with Gasteiger partial charge in [-0.15, -0.1) is 10.2 Å². The third-order valence-electron chi connectivity index (χ3n) is 5.52. The van der Waals surface area contributed by atoms with Gasteiger partial charge >= 0.3 is 0 Å². The molecule has 7 nitrogen and oxygen atoms in total. The summed E-state index contributed by atoms with van der Waals surface area (Å²) < 4.78 is 4.08. The number of carbonyl (C=O) groups excluding carboxylic acids is 1. The normalized spacial score (nSPS) is 11.2. The van der Waals surface area contributed by atoms with Gasteiger partial charge in [-0.3, -0.25) is 4.79 Å². The van der Waals surface area contributed by atoms with Gasteiger partial charge in [-0.05, 0) is 49.1 Å². The summed E-state index contributed by atoms with van der Waals surface area (Å²) in [5, 5.41) is 13.2. The van der Waals surface area contributed by atoms with E-state index in [0.29, 0.717) is 22.9 Å². The summed E-state index contributed by atoms with van der Waals surface area (Å²) >= 11 is 0. The molecule has 0 unspecified atom stereocenters. The Morgan fingerprint density at radius 3 is 2.61 bits per heavy atom. The average Bonchev–Trinajstić information content (AvgIpc) is 3.46. The molecule has 164 valence electrons. The van der Waals surface area contributed by atoms with Gasteiger partial charge in [0.05, 0.1) is 0 Å². The zero-order valence-corrected chi connectivity index (χ0v) is 18.5. The fourth-order valence-corrected chi connectivity index (χ4v) is 3.85. The number of hydrogen-bond acceptors (Lipinski definition) is 4. The van der Waals surface area contributed by atoms with Crippen molar-refractivity contribution >= 4 is 22.5 Å². The number of nitrogens with zero attached hydrogens (tertiary/aromatic N) is 5. The van der Waals surface area contributed by atoms with Crippen molar-refractivity contribution in [2.75, 3.05) is 5.32 Å². The summed E-state index contributed by atoms with van der Waals surface area (Å²) in [7, 11) is 0. The molecular weight excluding hydrogens is 412 g/mol. The van der Waals surface area contributed by atoms with E-state index in [0.717, 1.165) is 17.3 Å². The van der Waals surface area contributed by atoms with Crippen molar-refractivity contribution in [2.45, 2.75) is 26.4 Å². The van der Waals surface area contributed by atoms with E-state index in [1.165, 1.54) is 5.56 Å². The quantitative estimate of drug-likeness (QED) is 0.398. The smallest absolute Gasteiger partial charge is 0.256 e. The van der Waals surface area contributed by atoms with E-state index in [4.69, 9.17) is 0 Å². The van der Waals surface area contributed by atoms with Gasteiger partial charge in [0.2, 0.25) is 0 Å². The number of rotatable bonds is 6. The van der Waals surface area contributed by atoms with Gasteiger partial charge in [-0.2, -0.15) is 0 Å². The Morgan fingerprint density at radius 2 is 1.79 bits per heavy atom. The van der Waals surface area contributed by atoms with Crippen LogP contribution in [0.4, 0.5) is 5.82 Å². The van der Waals surface area contributed by atoms with Gasteiger partial charge in [0.15, 0.2) is 5.82 Å². The Morgan fingerprint density at radius 1 is 0.970 bits per heavy atom. The lowest BCUT2D eigenvalue weighted by molar-refractivity contribution is 0.102. The maximum atomic E-state index is 12.9. The van der Waals surface area contributed by atoms with E-state index in [1.807, 2.05) is 53.1 Å².